The van der Waals surface area contributed by atoms with Crippen LogP contribution in [0.4, 0.5) is 13.2 Å². The van der Waals surface area contributed by atoms with Crippen molar-refractivity contribution in [2.24, 2.45) is 5.41 Å². The van der Waals surface area contributed by atoms with Gasteiger partial charge in [0.25, 0.3) is 0 Å². The summed E-state index contributed by atoms with van der Waals surface area (Å²) in [6.45, 7) is 5.43. The number of halogens is 4. The highest BCUT2D eigenvalue weighted by molar-refractivity contribution is 7.89. The van der Waals surface area contributed by atoms with Crippen LogP contribution in [0.15, 0.2) is 23.1 Å². The number of nitrogens with zero attached hydrogens (tertiary/aromatic N) is 2. The third kappa shape index (κ3) is 6.33. The van der Waals surface area contributed by atoms with Crippen LogP contribution in [0.1, 0.15) is 32.8 Å². The second-order valence-corrected chi connectivity index (χ2v) is 10.5. The van der Waals surface area contributed by atoms with E-state index in [2.05, 4.69) is 5.32 Å². The van der Waals surface area contributed by atoms with Crippen molar-refractivity contribution in [1.82, 2.24) is 14.5 Å². The second kappa shape index (κ2) is 9.33. The first kappa shape index (κ1) is 25.4. The van der Waals surface area contributed by atoms with Crippen molar-refractivity contribution in [3.05, 3.63) is 28.8 Å². The van der Waals surface area contributed by atoms with Crippen molar-refractivity contribution in [3.8, 4) is 0 Å². The molecule has 2 amide bonds. The lowest BCUT2D eigenvalue weighted by molar-refractivity contribution is -0.138. The zero-order chi connectivity index (χ0) is 23.6. The number of hydrogen-bond acceptors (Lipinski definition) is 4. The molecule has 1 heterocycles. The van der Waals surface area contributed by atoms with Gasteiger partial charge in [0, 0.05) is 44.6 Å². The summed E-state index contributed by atoms with van der Waals surface area (Å²) >= 11 is 5.87. The van der Waals surface area contributed by atoms with E-state index in [4.69, 9.17) is 11.6 Å². The SMILES string of the molecule is CC(C)(C)C(=O)NCCC(=O)N1CCN(S(=O)(=O)c2cc(C(F)(F)F)ccc2Cl)CC1. The van der Waals surface area contributed by atoms with Crippen molar-refractivity contribution in [1.29, 1.82) is 0 Å². The Kier molecular flexibility index (Phi) is 7.65. The number of nitrogens with one attached hydrogen (secondary N) is 1. The first-order valence-corrected chi connectivity index (χ1v) is 11.4. The largest absolute Gasteiger partial charge is 0.416 e. The van der Waals surface area contributed by atoms with Gasteiger partial charge in [-0.15, -0.1) is 0 Å². The third-order valence-electron chi connectivity index (χ3n) is 4.77. The van der Waals surface area contributed by atoms with Crippen LogP contribution < -0.4 is 5.32 Å². The van der Waals surface area contributed by atoms with Gasteiger partial charge in [0.1, 0.15) is 4.90 Å². The minimum absolute atomic E-state index is 0.0635. The van der Waals surface area contributed by atoms with E-state index in [0.717, 1.165) is 16.4 Å². The van der Waals surface area contributed by atoms with E-state index >= 15 is 0 Å². The number of carbonyl (C=O) groups is 2. The van der Waals surface area contributed by atoms with Gasteiger partial charge in [0.2, 0.25) is 21.8 Å². The van der Waals surface area contributed by atoms with Gasteiger partial charge in [-0.05, 0) is 18.2 Å². The Labute approximate surface area is 184 Å². The van der Waals surface area contributed by atoms with E-state index in [-0.39, 0.29) is 56.0 Å². The van der Waals surface area contributed by atoms with Crippen LogP contribution in [0.2, 0.25) is 5.02 Å². The van der Waals surface area contributed by atoms with Gasteiger partial charge in [0.05, 0.1) is 10.6 Å². The van der Waals surface area contributed by atoms with Crippen molar-refractivity contribution >= 4 is 33.4 Å². The second-order valence-electron chi connectivity index (χ2n) is 8.18. The fraction of sp³-hybridized carbons (Fsp3) is 0.579. The molecule has 1 aliphatic heterocycles. The summed E-state index contributed by atoms with van der Waals surface area (Å²) in [5, 5.41) is 2.37. The van der Waals surface area contributed by atoms with E-state index in [9.17, 15) is 31.2 Å². The first-order chi connectivity index (χ1) is 14.1. The molecule has 0 saturated carbocycles. The predicted molar refractivity (Wildman–Crippen MR) is 109 cm³/mol. The normalized spacial score (nSPS) is 16.3. The van der Waals surface area contributed by atoms with Crippen molar-refractivity contribution in [2.45, 2.75) is 38.3 Å². The predicted octanol–water partition coefficient (Wildman–Crippen LogP) is 2.74. The average Bonchev–Trinajstić information content (AvgIpc) is 2.66. The molecular weight excluding hydrogens is 459 g/mol. The molecule has 1 saturated heterocycles. The van der Waals surface area contributed by atoms with Crippen molar-refractivity contribution in [2.75, 3.05) is 32.7 Å². The van der Waals surface area contributed by atoms with Crippen LogP contribution in [0.3, 0.4) is 0 Å². The number of piperazine rings is 1. The fourth-order valence-corrected chi connectivity index (χ4v) is 4.82. The Morgan fingerprint density at radius 1 is 1.10 bits per heavy atom. The lowest BCUT2D eigenvalue weighted by Gasteiger charge is -2.34. The third-order valence-corrected chi connectivity index (χ3v) is 7.15. The van der Waals surface area contributed by atoms with Crippen LogP contribution in [0.5, 0.6) is 0 Å². The number of benzene rings is 1. The molecular formula is C19H25ClF3N3O4S. The van der Waals surface area contributed by atoms with Crippen LogP contribution in [-0.4, -0.2) is 62.2 Å². The molecule has 1 aliphatic rings. The molecule has 0 bridgehead atoms. The molecule has 1 fully saturated rings. The topological polar surface area (TPSA) is 86.8 Å². The Balaban J connectivity index is 1.99. The Bertz CT molecular complexity index is 938. The molecule has 0 atom stereocenters. The molecule has 0 unspecified atom stereocenters. The summed E-state index contributed by atoms with van der Waals surface area (Å²) in [6, 6.07) is 2.15. The molecule has 31 heavy (non-hydrogen) atoms. The molecule has 0 radical (unpaired) electrons. The molecule has 1 N–H and O–H groups in total. The zero-order valence-electron chi connectivity index (χ0n) is 17.4. The van der Waals surface area contributed by atoms with Gasteiger partial charge < -0.3 is 10.2 Å². The van der Waals surface area contributed by atoms with Crippen molar-refractivity contribution in [3.63, 3.8) is 0 Å². The summed E-state index contributed by atoms with van der Waals surface area (Å²) < 4.78 is 65.6. The standard InChI is InChI=1S/C19H25ClF3N3O4S/c1-18(2,3)17(28)24-7-6-16(27)25-8-10-26(11-9-25)31(29,30)15-12-13(19(21,22)23)4-5-14(15)20/h4-5,12H,6-11H2,1-3H3,(H,24,28). The Morgan fingerprint density at radius 3 is 2.19 bits per heavy atom. The Hall–Kier alpha value is -1.85. The molecule has 2 rings (SSSR count). The maximum absolute atomic E-state index is 13.0. The van der Waals surface area contributed by atoms with Gasteiger partial charge >= 0.3 is 6.18 Å². The molecule has 1 aromatic carbocycles. The summed E-state index contributed by atoms with van der Waals surface area (Å²) in [5.41, 5.74) is -1.69. The van der Waals surface area contributed by atoms with Crippen LogP contribution in [0, 0.1) is 5.41 Å². The molecule has 174 valence electrons. The summed E-state index contributed by atoms with van der Waals surface area (Å²) in [6.07, 6.45) is -4.64. The lowest BCUT2D eigenvalue weighted by atomic mass is 9.96. The van der Waals surface area contributed by atoms with E-state index < -0.39 is 32.1 Å². The minimum atomic E-state index is -4.71. The van der Waals surface area contributed by atoms with Gasteiger partial charge in [-0.25, -0.2) is 8.42 Å². The zero-order valence-corrected chi connectivity index (χ0v) is 19.0. The summed E-state index contributed by atoms with van der Waals surface area (Å²) in [5.74, 6) is -0.433. The summed E-state index contributed by atoms with van der Waals surface area (Å²) in [4.78, 5) is 25.0. The summed E-state index contributed by atoms with van der Waals surface area (Å²) in [7, 11) is -4.26. The van der Waals surface area contributed by atoms with Gasteiger partial charge in [-0.3, -0.25) is 9.59 Å². The highest BCUT2D eigenvalue weighted by Crippen LogP contribution is 2.34. The number of alkyl halides is 3. The van der Waals surface area contributed by atoms with Gasteiger partial charge in [-0.2, -0.15) is 17.5 Å². The highest BCUT2D eigenvalue weighted by atomic mass is 35.5. The molecule has 12 heteroatoms. The Morgan fingerprint density at radius 2 is 1.68 bits per heavy atom. The van der Waals surface area contributed by atoms with Crippen LogP contribution >= 0.6 is 11.6 Å². The number of rotatable bonds is 5. The molecule has 0 spiro atoms. The maximum atomic E-state index is 13.0. The quantitative estimate of drug-likeness (QED) is 0.697. The van der Waals surface area contributed by atoms with E-state index in [1.54, 1.807) is 20.8 Å². The van der Waals surface area contributed by atoms with E-state index in [1.165, 1.54) is 4.90 Å². The molecule has 0 aromatic heterocycles. The van der Waals surface area contributed by atoms with Gasteiger partial charge in [0.15, 0.2) is 0 Å². The number of amides is 2. The highest BCUT2D eigenvalue weighted by Gasteiger charge is 2.36. The van der Waals surface area contributed by atoms with E-state index in [0.29, 0.717) is 6.07 Å². The van der Waals surface area contributed by atoms with E-state index in [1.807, 2.05) is 0 Å². The molecule has 0 aliphatic carbocycles. The van der Waals surface area contributed by atoms with Crippen molar-refractivity contribution < 1.29 is 31.2 Å². The lowest BCUT2D eigenvalue weighted by Crippen LogP contribution is -2.51. The monoisotopic (exact) mass is 483 g/mol. The average molecular weight is 484 g/mol. The fourth-order valence-electron chi connectivity index (χ4n) is 2.90. The number of sulfonamides is 1. The maximum Gasteiger partial charge on any atom is 0.416 e. The molecule has 1 aromatic rings. The number of hydrogen-bond donors (Lipinski definition) is 1. The van der Waals surface area contributed by atoms with Gasteiger partial charge in [-0.1, -0.05) is 32.4 Å². The molecule has 7 nitrogen and oxygen atoms in total. The smallest absolute Gasteiger partial charge is 0.355 e. The minimum Gasteiger partial charge on any atom is -0.355 e. The van der Waals surface area contributed by atoms with Crippen LogP contribution in [-0.2, 0) is 25.8 Å². The first-order valence-electron chi connectivity index (χ1n) is 9.57. The van der Waals surface area contributed by atoms with Crippen LogP contribution in [0.25, 0.3) is 0 Å². The number of carbonyl (C=O) groups excluding carboxylic acids is 2.